The van der Waals surface area contributed by atoms with Crippen molar-refractivity contribution in [3.05, 3.63) is 42.6 Å². The van der Waals surface area contributed by atoms with Crippen molar-refractivity contribution in [3.8, 4) is 11.5 Å². The molecule has 4 N–H and O–H groups in total. The van der Waals surface area contributed by atoms with E-state index < -0.39 is 0 Å². The Balaban J connectivity index is 1.50. The second-order valence-corrected chi connectivity index (χ2v) is 5.25. The lowest BCUT2D eigenvalue weighted by Crippen LogP contribution is -2.23. The highest BCUT2D eigenvalue weighted by Crippen LogP contribution is 2.32. The van der Waals surface area contributed by atoms with Gasteiger partial charge in [-0.2, -0.15) is 0 Å². The molecule has 0 radical (unpaired) electrons. The normalized spacial score (nSPS) is 13.9. The van der Waals surface area contributed by atoms with Gasteiger partial charge in [0.1, 0.15) is 5.82 Å². The third kappa shape index (κ3) is 4.52. The van der Waals surface area contributed by atoms with Crippen LogP contribution < -0.4 is 25.8 Å². The summed E-state index contributed by atoms with van der Waals surface area (Å²) >= 11 is 0. The van der Waals surface area contributed by atoms with E-state index in [4.69, 9.17) is 15.2 Å². The summed E-state index contributed by atoms with van der Waals surface area (Å²) in [6.45, 7) is 2.52. The first-order valence-corrected chi connectivity index (χ1v) is 7.93. The maximum Gasteiger partial charge on any atom is 0.193 e. The van der Waals surface area contributed by atoms with E-state index in [-0.39, 0.29) is 0 Å². The summed E-state index contributed by atoms with van der Waals surface area (Å²) in [6, 6.07) is 11.3. The molecule has 24 heavy (non-hydrogen) atoms. The fourth-order valence-corrected chi connectivity index (χ4v) is 2.26. The van der Waals surface area contributed by atoms with Crippen molar-refractivity contribution in [2.24, 2.45) is 10.7 Å². The summed E-state index contributed by atoms with van der Waals surface area (Å²) in [5.74, 6) is 2.66. The summed E-state index contributed by atoms with van der Waals surface area (Å²) in [7, 11) is 0. The van der Waals surface area contributed by atoms with Gasteiger partial charge in [0.25, 0.3) is 0 Å². The van der Waals surface area contributed by atoms with Crippen LogP contribution in [0.1, 0.15) is 6.42 Å². The topological polar surface area (TPSA) is 93.8 Å². The van der Waals surface area contributed by atoms with Crippen molar-refractivity contribution in [2.75, 3.05) is 36.9 Å². The summed E-state index contributed by atoms with van der Waals surface area (Å²) in [6.07, 6.45) is 2.62. The number of nitrogens with two attached hydrogens (primary N) is 1. The molecule has 7 heteroatoms. The Morgan fingerprint density at radius 2 is 2.04 bits per heavy atom. The molecule has 0 unspecified atom stereocenters. The highest BCUT2D eigenvalue weighted by atomic mass is 16.5. The van der Waals surface area contributed by atoms with Crippen molar-refractivity contribution in [1.82, 2.24) is 4.98 Å². The number of nitrogens with one attached hydrogen (secondary N) is 2. The average Bonchev–Trinajstić information content (AvgIpc) is 2.84. The van der Waals surface area contributed by atoms with Gasteiger partial charge in [0, 0.05) is 30.9 Å². The van der Waals surface area contributed by atoms with Gasteiger partial charge < -0.3 is 25.8 Å². The number of ether oxygens (including phenoxy) is 2. The highest BCUT2D eigenvalue weighted by Gasteiger charge is 2.10. The monoisotopic (exact) mass is 327 g/mol. The lowest BCUT2D eigenvalue weighted by Gasteiger charge is -2.11. The van der Waals surface area contributed by atoms with Crippen LogP contribution in [0.4, 0.5) is 11.5 Å². The number of guanidine groups is 1. The summed E-state index contributed by atoms with van der Waals surface area (Å²) in [4.78, 5) is 8.47. The Labute approximate surface area is 140 Å². The maximum absolute atomic E-state index is 5.92. The molecule has 0 atom stereocenters. The van der Waals surface area contributed by atoms with Crippen molar-refractivity contribution >= 4 is 17.5 Å². The Morgan fingerprint density at radius 3 is 2.88 bits per heavy atom. The number of nitrogens with zero attached hydrogens (tertiary/aromatic N) is 2. The zero-order valence-corrected chi connectivity index (χ0v) is 13.4. The van der Waals surface area contributed by atoms with Gasteiger partial charge in [0.15, 0.2) is 17.5 Å². The van der Waals surface area contributed by atoms with Crippen LogP contribution in [0.15, 0.2) is 47.6 Å². The largest absolute Gasteiger partial charge is 0.490 e. The molecule has 126 valence electrons. The first kappa shape index (κ1) is 15.9. The average molecular weight is 327 g/mol. The number of fused-ring (bicyclic) bond motifs is 1. The first-order chi connectivity index (χ1) is 11.8. The number of benzene rings is 1. The second-order valence-electron chi connectivity index (χ2n) is 5.25. The van der Waals surface area contributed by atoms with E-state index in [9.17, 15) is 0 Å². The van der Waals surface area contributed by atoms with Crippen LogP contribution in [0.3, 0.4) is 0 Å². The SMILES string of the molecule is NC(=NCCNc1ccccn1)Nc1ccc2c(c1)OCCCO2. The molecule has 0 aliphatic carbocycles. The summed E-state index contributed by atoms with van der Waals surface area (Å²) in [5.41, 5.74) is 6.73. The van der Waals surface area contributed by atoms with E-state index in [1.807, 2.05) is 36.4 Å². The molecule has 2 heterocycles. The van der Waals surface area contributed by atoms with Gasteiger partial charge >= 0.3 is 0 Å². The molecule has 0 spiro atoms. The molecular weight excluding hydrogens is 306 g/mol. The number of rotatable bonds is 5. The van der Waals surface area contributed by atoms with Crippen molar-refractivity contribution in [3.63, 3.8) is 0 Å². The van der Waals surface area contributed by atoms with Gasteiger partial charge in [-0.1, -0.05) is 6.07 Å². The lowest BCUT2D eigenvalue weighted by molar-refractivity contribution is 0.297. The molecule has 0 bridgehead atoms. The minimum atomic E-state index is 0.354. The molecule has 7 nitrogen and oxygen atoms in total. The number of aromatic nitrogens is 1. The Bertz CT molecular complexity index is 691. The fourth-order valence-electron chi connectivity index (χ4n) is 2.26. The lowest BCUT2D eigenvalue weighted by atomic mass is 10.3. The Hall–Kier alpha value is -2.96. The predicted octanol–water partition coefficient (Wildman–Crippen LogP) is 2.08. The van der Waals surface area contributed by atoms with E-state index in [0.29, 0.717) is 32.3 Å². The highest BCUT2D eigenvalue weighted by molar-refractivity contribution is 5.92. The number of pyridine rings is 1. The van der Waals surface area contributed by atoms with Crippen LogP contribution in [0.2, 0.25) is 0 Å². The smallest absolute Gasteiger partial charge is 0.193 e. The van der Waals surface area contributed by atoms with Crippen LogP contribution in [0.25, 0.3) is 0 Å². The molecule has 1 aliphatic rings. The Kier molecular flexibility index (Phi) is 5.34. The molecule has 0 fully saturated rings. The van der Waals surface area contributed by atoms with Gasteiger partial charge in [-0.05, 0) is 24.3 Å². The number of aliphatic imine (C=N–C) groups is 1. The van der Waals surface area contributed by atoms with E-state index in [1.54, 1.807) is 6.20 Å². The first-order valence-electron chi connectivity index (χ1n) is 7.93. The Morgan fingerprint density at radius 1 is 1.17 bits per heavy atom. The van der Waals surface area contributed by atoms with Crippen LogP contribution in [0.5, 0.6) is 11.5 Å². The van der Waals surface area contributed by atoms with E-state index >= 15 is 0 Å². The zero-order valence-electron chi connectivity index (χ0n) is 13.4. The molecule has 0 saturated heterocycles. The molecule has 1 aromatic carbocycles. The maximum atomic E-state index is 5.92. The van der Waals surface area contributed by atoms with Gasteiger partial charge in [-0.3, -0.25) is 4.99 Å². The van der Waals surface area contributed by atoms with Gasteiger partial charge in [-0.15, -0.1) is 0 Å². The molecule has 2 aromatic rings. The van der Waals surface area contributed by atoms with E-state index in [2.05, 4.69) is 20.6 Å². The van der Waals surface area contributed by atoms with Crippen LogP contribution >= 0.6 is 0 Å². The zero-order chi connectivity index (χ0) is 16.6. The van der Waals surface area contributed by atoms with Crippen LogP contribution in [0, 0.1) is 0 Å². The predicted molar refractivity (Wildman–Crippen MR) is 94.9 cm³/mol. The molecule has 1 aromatic heterocycles. The number of hydrogen-bond acceptors (Lipinski definition) is 5. The van der Waals surface area contributed by atoms with Crippen LogP contribution in [-0.2, 0) is 0 Å². The minimum absolute atomic E-state index is 0.354. The fraction of sp³-hybridized carbons (Fsp3) is 0.294. The van der Waals surface area contributed by atoms with Gasteiger partial charge in [-0.25, -0.2) is 4.98 Å². The minimum Gasteiger partial charge on any atom is -0.490 e. The second kappa shape index (κ2) is 8.05. The van der Waals surface area contributed by atoms with E-state index in [1.165, 1.54) is 0 Å². The molecule has 3 rings (SSSR count). The summed E-state index contributed by atoms with van der Waals surface area (Å²) < 4.78 is 11.3. The van der Waals surface area contributed by atoms with Crippen LogP contribution in [-0.4, -0.2) is 37.2 Å². The third-order valence-corrected chi connectivity index (χ3v) is 3.38. The van der Waals surface area contributed by atoms with Crippen molar-refractivity contribution in [2.45, 2.75) is 6.42 Å². The van der Waals surface area contributed by atoms with Gasteiger partial charge in [0.2, 0.25) is 0 Å². The van der Waals surface area contributed by atoms with Gasteiger partial charge in [0.05, 0.1) is 19.8 Å². The molecule has 0 amide bonds. The third-order valence-electron chi connectivity index (χ3n) is 3.38. The van der Waals surface area contributed by atoms with E-state index in [0.717, 1.165) is 29.4 Å². The molecular formula is C17H21N5O2. The molecule has 1 aliphatic heterocycles. The van der Waals surface area contributed by atoms with Crippen molar-refractivity contribution in [1.29, 1.82) is 0 Å². The standard InChI is InChI=1S/C17H21N5O2/c18-17(21-9-8-20-16-4-1-2-7-19-16)22-13-5-6-14-15(12-13)24-11-3-10-23-14/h1-2,4-7,12H,3,8-11H2,(H,19,20)(H3,18,21,22). The number of anilines is 2. The summed E-state index contributed by atoms with van der Waals surface area (Å²) in [5, 5.41) is 6.23. The quantitative estimate of drug-likeness (QED) is 0.442. The number of hydrogen-bond donors (Lipinski definition) is 3. The van der Waals surface area contributed by atoms with Crippen molar-refractivity contribution < 1.29 is 9.47 Å². The molecule has 0 saturated carbocycles.